The van der Waals surface area contributed by atoms with Gasteiger partial charge in [-0.3, -0.25) is 9.59 Å². The molecule has 182 valence electrons. The minimum atomic E-state index is -8.12. The molecule has 0 aliphatic rings. The monoisotopic (exact) mass is 496 g/mol. The number of benzene rings is 1. The van der Waals surface area contributed by atoms with Crippen LogP contribution in [0.4, 0.5) is 57.1 Å². The largest absolute Gasteiger partial charge is 0.497 e. The fraction of sp³-hybridized carbons (Fsp3) is 0.500. The zero-order chi connectivity index (χ0) is 25.6. The fourth-order valence-corrected chi connectivity index (χ4v) is 2.08. The van der Waals surface area contributed by atoms with Crippen LogP contribution in [0.5, 0.6) is 5.75 Å². The molecule has 32 heavy (non-hydrogen) atoms. The lowest BCUT2D eigenvalue weighted by molar-refractivity contribution is -0.436. The van der Waals surface area contributed by atoms with Crippen molar-refractivity contribution < 1.29 is 71.4 Å². The molecule has 1 aromatic carbocycles. The van der Waals surface area contributed by atoms with Gasteiger partial charge in [-0.05, 0) is 24.3 Å². The summed E-state index contributed by atoms with van der Waals surface area (Å²) in [6.07, 6.45) is -9.87. The Kier molecular flexibility index (Phi) is 6.96. The fourth-order valence-electron chi connectivity index (χ4n) is 2.08. The smallest absolute Gasteiger partial charge is 0.460 e. The maximum absolute atomic E-state index is 13.7. The van der Waals surface area contributed by atoms with Crippen LogP contribution < -0.4 is 4.74 Å². The first-order valence-electron chi connectivity index (χ1n) is 7.76. The number of carbonyl (C=O) groups excluding carboxylic acids is 2. The molecule has 0 aliphatic carbocycles. The summed E-state index contributed by atoms with van der Waals surface area (Å²) < 4.78 is 174. The summed E-state index contributed by atoms with van der Waals surface area (Å²) in [4.78, 5) is 23.1. The highest BCUT2D eigenvalue weighted by atomic mass is 19.4. The van der Waals surface area contributed by atoms with Gasteiger partial charge in [0.15, 0.2) is 5.78 Å². The Bertz CT molecular complexity index is 857. The predicted octanol–water partition coefficient (Wildman–Crippen LogP) is 5.58. The number of ketones is 2. The first-order valence-corrected chi connectivity index (χ1v) is 7.76. The number of hydrogen-bond acceptors (Lipinski definition) is 3. The van der Waals surface area contributed by atoms with Gasteiger partial charge < -0.3 is 4.74 Å². The number of alkyl halides is 13. The van der Waals surface area contributed by atoms with Gasteiger partial charge in [-0.2, -0.15) is 57.1 Å². The van der Waals surface area contributed by atoms with Gasteiger partial charge in [-0.25, -0.2) is 0 Å². The van der Waals surface area contributed by atoms with Gasteiger partial charge in [0.05, 0.1) is 13.5 Å². The van der Waals surface area contributed by atoms with Crippen LogP contribution in [-0.2, 0) is 4.79 Å². The van der Waals surface area contributed by atoms with Crippen LogP contribution in [0, 0.1) is 0 Å². The van der Waals surface area contributed by atoms with Crippen LogP contribution in [0.2, 0.25) is 0 Å². The van der Waals surface area contributed by atoms with E-state index >= 15 is 0 Å². The van der Waals surface area contributed by atoms with Crippen molar-refractivity contribution in [1.29, 1.82) is 0 Å². The summed E-state index contributed by atoms with van der Waals surface area (Å²) in [7, 11) is 1.15. The second-order valence-electron chi connectivity index (χ2n) is 6.12. The number of Topliss-reactive ketones (excluding diaryl/α,β-unsaturated/α-hetero) is 2. The second kappa shape index (κ2) is 8.10. The van der Waals surface area contributed by atoms with Crippen molar-refractivity contribution >= 4 is 11.6 Å². The van der Waals surface area contributed by atoms with Crippen LogP contribution in [0.15, 0.2) is 24.3 Å². The van der Waals surface area contributed by atoms with Crippen molar-refractivity contribution in [2.75, 3.05) is 7.11 Å². The van der Waals surface area contributed by atoms with Gasteiger partial charge in [0.2, 0.25) is 5.78 Å². The molecular weight excluding hydrogens is 487 g/mol. The average molecular weight is 496 g/mol. The summed E-state index contributed by atoms with van der Waals surface area (Å²) in [5, 5.41) is 0. The van der Waals surface area contributed by atoms with Gasteiger partial charge in [0, 0.05) is 5.56 Å². The standard InChI is InChI=1S/C16H9F13O3/c1-32-8-4-2-7(3-5-8)9(30)6-10(31)11(17,18)12(19,20)13(21,22)14(23,24)15(25,26)16(27,28)29/h2-5H,6H2,1H3. The summed E-state index contributed by atoms with van der Waals surface area (Å²) >= 11 is 0. The first kappa shape index (κ1) is 27.5. The van der Waals surface area contributed by atoms with E-state index in [0.717, 1.165) is 31.4 Å². The van der Waals surface area contributed by atoms with Crippen molar-refractivity contribution in [3.05, 3.63) is 29.8 Å². The lowest BCUT2D eigenvalue weighted by Gasteiger charge is -2.39. The average Bonchev–Trinajstić information content (AvgIpc) is 2.66. The van der Waals surface area contributed by atoms with Crippen molar-refractivity contribution in [1.82, 2.24) is 0 Å². The number of halogens is 13. The Labute approximate surface area is 169 Å². The number of ether oxygens (including phenoxy) is 1. The molecule has 0 unspecified atom stereocenters. The maximum Gasteiger partial charge on any atom is 0.460 e. The Morgan fingerprint density at radius 3 is 1.47 bits per heavy atom. The molecular formula is C16H9F13O3. The molecule has 1 rings (SSSR count). The van der Waals surface area contributed by atoms with Crippen LogP contribution in [0.3, 0.4) is 0 Å². The molecule has 0 bridgehead atoms. The van der Waals surface area contributed by atoms with Gasteiger partial charge >= 0.3 is 35.8 Å². The van der Waals surface area contributed by atoms with E-state index in [-0.39, 0.29) is 5.75 Å². The summed E-state index contributed by atoms with van der Waals surface area (Å²) in [6, 6.07) is 3.63. The predicted molar refractivity (Wildman–Crippen MR) is 77.7 cm³/mol. The van der Waals surface area contributed by atoms with E-state index in [0.29, 0.717) is 0 Å². The van der Waals surface area contributed by atoms with Gasteiger partial charge in [0.25, 0.3) is 0 Å². The molecule has 1 aromatic rings. The molecule has 16 heteroatoms. The van der Waals surface area contributed by atoms with Gasteiger partial charge in [0.1, 0.15) is 5.75 Å². The topological polar surface area (TPSA) is 43.4 Å². The summed E-state index contributed by atoms with van der Waals surface area (Å²) in [5.41, 5.74) is -0.640. The second-order valence-corrected chi connectivity index (χ2v) is 6.12. The van der Waals surface area contributed by atoms with E-state index in [2.05, 4.69) is 4.74 Å². The lowest BCUT2D eigenvalue weighted by Crippen LogP contribution is -2.71. The van der Waals surface area contributed by atoms with Crippen LogP contribution in [0.1, 0.15) is 16.8 Å². The van der Waals surface area contributed by atoms with E-state index < -0.39 is 59.3 Å². The molecule has 0 fully saturated rings. The third-order valence-electron chi connectivity index (χ3n) is 4.02. The van der Waals surface area contributed by atoms with Crippen molar-refractivity contribution in [2.45, 2.75) is 42.2 Å². The van der Waals surface area contributed by atoms with Crippen LogP contribution in [0.25, 0.3) is 0 Å². The summed E-state index contributed by atoms with van der Waals surface area (Å²) in [5.74, 6) is -43.9. The molecule has 0 saturated heterocycles. The Hall–Kier alpha value is -2.55. The highest BCUT2D eigenvalue weighted by molar-refractivity contribution is 6.10. The molecule has 0 N–H and O–H groups in total. The SMILES string of the molecule is COc1ccc(C(=O)CC(=O)C(F)(F)C(F)(F)C(F)(F)C(F)(F)C(F)(F)C(F)(F)F)cc1. The molecule has 0 amide bonds. The van der Waals surface area contributed by atoms with Crippen molar-refractivity contribution in [2.24, 2.45) is 0 Å². The molecule has 0 aromatic heterocycles. The molecule has 3 nitrogen and oxygen atoms in total. The molecule has 0 atom stereocenters. The minimum Gasteiger partial charge on any atom is -0.497 e. The highest BCUT2D eigenvalue weighted by Crippen LogP contribution is 2.60. The summed E-state index contributed by atoms with van der Waals surface area (Å²) in [6.45, 7) is 0. The van der Waals surface area contributed by atoms with Crippen molar-refractivity contribution in [3.63, 3.8) is 0 Å². The lowest BCUT2D eigenvalue weighted by atomic mass is 9.90. The Morgan fingerprint density at radius 2 is 1.09 bits per heavy atom. The molecule has 0 saturated carbocycles. The maximum atomic E-state index is 13.7. The third-order valence-corrected chi connectivity index (χ3v) is 4.02. The molecule has 0 radical (unpaired) electrons. The number of methoxy groups -OCH3 is 1. The zero-order valence-corrected chi connectivity index (χ0v) is 15.2. The number of hydrogen-bond donors (Lipinski definition) is 0. The normalized spacial score (nSPS) is 14.3. The third kappa shape index (κ3) is 4.10. The molecule has 0 heterocycles. The van der Waals surface area contributed by atoms with Gasteiger partial charge in [-0.1, -0.05) is 0 Å². The van der Waals surface area contributed by atoms with Gasteiger partial charge in [-0.15, -0.1) is 0 Å². The highest BCUT2D eigenvalue weighted by Gasteiger charge is 2.91. The minimum absolute atomic E-state index is 0.0807. The van der Waals surface area contributed by atoms with E-state index in [1.165, 1.54) is 0 Å². The zero-order valence-electron chi connectivity index (χ0n) is 15.2. The van der Waals surface area contributed by atoms with E-state index in [4.69, 9.17) is 0 Å². The molecule has 0 aliphatic heterocycles. The quantitative estimate of drug-likeness (QED) is 0.255. The number of carbonyl (C=O) groups is 2. The van der Waals surface area contributed by atoms with Crippen molar-refractivity contribution in [3.8, 4) is 5.75 Å². The Morgan fingerprint density at radius 1 is 0.688 bits per heavy atom. The van der Waals surface area contributed by atoms with E-state index in [1.54, 1.807) is 0 Å². The first-order chi connectivity index (χ1) is 14.1. The van der Waals surface area contributed by atoms with Crippen LogP contribution >= 0.6 is 0 Å². The van der Waals surface area contributed by atoms with E-state index in [9.17, 15) is 66.7 Å². The Balaban J connectivity index is 3.31. The van der Waals surface area contributed by atoms with Crippen LogP contribution in [-0.4, -0.2) is 54.5 Å². The number of rotatable bonds is 9. The molecule has 0 spiro atoms. The van der Waals surface area contributed by atoms with E-state index in [1.807, 2.05) is 0 Å².